The van der Waals surface area contributed by atoms with Crippen molar-refractivity contribution in [3.8, 4) is 0 Å². The number of amides is 4. The number of hydrogen-bond acceptors (Lipinski definition) is 6. The van der Waals surface area contributed by atoms with E-state index in [-0.39, 0.29) is 36.0 Å². The van der Waals surface area contributed by atoms with Crippen LogP contribution >= 0.6 is 23.4 Å². The number of benzene rings is 2. The number of carbonyl (C=O) groups is 4. The summed E-state index contributed by atoms with van der Waals surface area (Å²) in [7, 11) is 0. The SMILES string of the molecule is O=C(NCCN1C(=O)S/C(=C\c2ccccc2Cl)C1=O)C1=CCC(=O)N(c2ccccc2)N1. The van der Waals surface area contributed by atoms with Gasteiger partial charge >= 0.3 is 0 Å². The second kappa shape index (κ2) is 9.93. The number of anilines is 1. The lowest BCUT2D eigenvalue weighted by Crippen LogP contribution is -2.49. The fraction of sp³-hybridized carbons (Fsp3) is 0.130. The molecule has 0 aromatic heterocycles. The van der Waals surface area contributed by atoms with Crippen LogP contribution < -0.4 is 15.8 Å². The maximum absolute atomic E-state index is 12.6. The number of hydrogen-bond donors (Lipinski definition) is 2. The van der Waals surface area contributed by atoms with Crippen LogP contribution in [0.1, 0.15) is 12.0 Å². The number of hydrazine groups is 1. The van der Waals surface area contributed by atoms with Crippen molar-refractivity contribution in [1.29, 1.82) is 0 Å². The summed E-state index contributed by atoms with van der Waals surface area (Å²) >= 11 is 6.96. The van der Waals surface area contributed by atoms with Crippen molar-refractivity contribution < 1.29 is 19.2 Å². The van der Waals surface area contributed by atoms with Crippen LogP contribution in [0.2, 0.25) is 5.02 Å². The van der Waals surface area contributed by atoms with E-state index in [9.17, 15) is 19.2 Å². The Balaban J connectivity index is 1.34. The van der Waals surface area contributed by atoms with E-state index >= 15 is 0 Å². The Hall–Kier alpha value is -3.56. The molecular formula is C23H19ClN4O4S. The zero-order chi connectivity index (χ0) is 23.4. The van der Waals surface area contributed by atoms with Gasteiger partial charge in [-0.2, -0.15) is 0 Å². The molecule has 0 spiro atoms. The molecule has 33 heavy (non-hydrogen) atoms. The minimum Gasteiger partial charge on any atom is -0.349 e. The first-order valence-corrected chi connectivity index (χ1v) is 11.3. The van der Waals surface area contributed by atoms with E-state index in [1.165, 1.54) is 11.1 Å². The fourth-order valence-electron chi connectivity index (χ4n) is 3.24. The summed E-state index contributed by atoms with van der Waals surface area (Å²) in [4.78, 5) is 51.0. The van der Waals surface area contributed by atoms with Crippen LogP contribution in [0.25, 0.3) is 6.08 Å². The molecule has 0 unspecified atom stereocenters. The van der Waals surface area contributed by atoms with Crippen LogP contribution in [0, 0.1) is 0 Å². The largest absolute Gasteiger partial charge is 0.349 e. The normalized spacial score (nSPS) is 17.3. The number of para-hydroxylation sites is 1. The average molecular weight is 483 g/mol. The highest BCUT2D eigenvalue weighted by atomic mass is 35.5. The minimum atomic E-state index is -0.443. The maximum atomic E-state index is 12.6. The summed E-state index contributed by atoms with van der Waals surface area (Å²) in [5.74, 6) is -1.07. The van der Waals surface area contributed by atoms with E-state index in [0.29, 0.717) is 16.3 Å². The summed E-state index contributed by atoms with van der Waals surface area (Å²) in [6.45, 7) is 0.0828. The Kier molecular flexibility index (Phi) is 6.81. The van der Waals surface area contributed by atoms with Crippen LogP contribution in [-0.2, 0) is 14.4 Å². The molecule has 1 saturated heterocycles. The summed E-state index contributed by atoms with van der Waals surface area (Å²) in [6.07, 6.45) is 3.15. The highest BCUT2D eigenvalue weighted by molar-refractivity contribution is 8.18. The molecule has 2 aromatic carbocycles. The van der Waals surface area contributed by atoms with Crippen molar-refractivity contribution in [2.45, 2.75) is 6.42 Å². The molecule has 8 nitrogen and oxygen atoms in total. The van der Waals surface area contributed by atoms with Crippen LogP contribution in [-0.4, -0.2) is 41.0 Å². The zero-order valence-corrected chi connectivity index (χ0v) is 18.9. The maximum Gasteiger partial charge on any atom is 0.293 e. The standard InChI is InChI=1S/C23H19ClN4O4S/c24-17-9-5-4-6-15(17)14-19-22(31)27(23(32)33-19)13-12-25-21(30)18-10-11-20(29)28(26-18)16-7-2-1-3-8-16/h1-10,14,26H,11-13H2,(H,25,30)/b19-14-. The molecule has 168 valence electrons. The highest BCUT2D eigenvalue weighted by Gasteiger charge is 2.35. The summed E-state index contributed by atoms with van der Waals surface area (Å²) in [5.41, 5.74) is 4.29. The Morgan fingerprint density at radius 3 is 2.58 bits per heavy atom. The van der Waals surface area contributed by atoms with Gasteiger partial charge in [0.1, 0.15) is 5.70 Å². The Morgan fingerprint density at radius 1 is 1.09 bits per heavy atom. The molecule has 2 aliphatic rings. The predicted octanol–water partition coefficient (Wildman–Crippen LogP) is 3.32. The molecular weight excluding hydrogens is 464 g/mol. The van der Waals surface area contributed by atoms with Crippen molar-refractivity contribution >= 4 is 58.1 Å². The molecule has 2 N–H and O–H groups in total. The lowest BCUT2D eigenvalue weighted by atomic mass is 10.2. The highest BCUT2D eigenvalue weighted by Crippen LogP contribution is 2.33. The third-order valence-electron chi connectivity index (χ3n) is 4.91. The molecule has 2 aliphatic heterocycles. The van der Waals surface area contributed by atoms with Crippen LogP contribution in [0.3, 0.4) is 0 Å². The van der Waals surface area contributed by atoms with E-state index in [1.54, 1.807) is 54.6 Å². The number of halogens is 1. The fourth-order valence-corrected chi connectivity index (χ4v) is 4.29. The van der Waals surface area contributed by atoms with Crippen molar-refractivity contribution in [2.75, 3.05) is 18.1 Å². The van der Waals surface area contributed by atoms with E-state index in [1.807, 2.05) is 6.07 Å². The van der Waals surface area contributed by atoms with Gasteiger partial charge in [0, 0.05) is 24.5 Å². The monoisotopic (exact) mass is 482 g/mol. The average Bonchev–Trinajstić information content (AvgIpc) is 3.08. The lowest BCUT2D eigenvalue weighted by Gasteiger charge is -2.28. The number of imide groups is 1. The van der Waals surface area contributed by atoms with Gasteiger partial charge in [0.2, 0.25) is 5.91 Å². The van der Waals surface area contributed by atoms with Gasteiger partial charge in [-0.25, -0.2) is 5.01 Å². The second-order valence-electron chi connectivity index (χ2n) is 7.11. The van der Waals surface area contributed by atoms with Crippen LogP contribution in [0.5, 0.6) is 0 Å². The molecule has 10 heteroatoms. The van der Waals surface area contributed by atoms with Crippen molar-refractivity contribution in [2.24, 2.45) is 0 Å². The number of nitrogens with one attached hydrogen (secondary N) is 2. The molecule has 0 atom stereocenters. The first-order chi connectivity index (χ1) is 15.9. The molecule has 2 heterocycles. The minimum absolute atomic E-state index is 0.0187. The molecule has 0 bridgehead atoms. The van der Waals surface area contributed by atoms with Gasteiger partial charge < -0.3 is 5.32 Å². The van der Waals surface area contributed by atoms with E-state index in [2.05, 4.69) is 10.7 Å². The predicted molar refractivity (Wildman–Crippen MR) is 127 cm³/mol. The van der Waals surface area contributed by atoms with Gasteiger partial charge in [0.15, 0.2) is 0 Å². The summed E-state index contributed by atoms with van der Waals surface area (Å²) in [5, 5.41) is 4.05. The van der Waals surface area contributed by atoms with Crippen LogP contribution in [0.4, 0.5) is 10.5 Å². The van der Waals surface area contributed by atoms with Crippen LogP contribution in [0.15, 0.2) is 71.3 Å². The summed E-state index contributed by atoms with van der Waals surface area (Å²) < 4.78 is 0. The number of rotatable bonds is 6. The Morgan fingerprint density at radius 2 is 1.82 bits per heavy atom. The topological polar surface area (TPSA) is 98.8 Å². The smallest absolute Gasteiger partial charge is 0.293 e. The molecule has 0 aliphatic carbocycles. The first-order valence-electron chi connectivity index (χ1n) is 10.1. The van der Waals surface area contributed by atoms with Gasteiger partial charge in [-0.1, -0.05) is 48.0 Å². The van der Waals surface area contributed by atoms with Gasteiger partial charge in [0.25, 0.3) is 17.1 Å². The molecule has 1 fully saturated rings. The van der Waals surface area contributed by atoms with E-state index < -0.39 is 17.1 Å². The lowest BCUT2D eigenvalue weighted by molar-refractivity contribution is -0.124. The third kappa shape index (κ3) is 5.10. The Bertz CT molecular complexity index is 1180. The van der Waals surface area contributed by atoms with Gasteiger partial charge in [-0.15, -0.1) is 0 Å². The number of carbonyl (C=O) groups excluding carboxylic acids is 4. The summed E-state index contributed by atoms with van der Waals surface area (Å²) in [6, 6.07) is 15.9. The number of nitrogens with zero attached hydrogens (tertiary/aromatic N) is 2. The number of thioether (sulfide) groups is 1. The molecule has 0 radical (unpaired) electrons. The zero-order valence-electron chi connectivity index (χ0n) is 17.3. The van der Waals surface area contributed by atoms with Crippen molar-refractivity contribution in [3.05, 3.63) is 81.9 Å². The van der Waals surface area contributed by atoms with Crippen molar-refractivity contribution in [1.82, 2.24) is 15.6 Å². The third-order valence-corrected chi connectivity index (χ3v) is 6.16. The Labute approximate surface area is 199 Å². The quantitative estimate of drug-likeness (QED) is 0.613. The molecule has 0 saturated carbocycles. The second-order valence-corrected chi connectivity index (χ2v) is 8.51. The molecule has 4 amide bonds. The van der Waals surface area contributed by atoms with Crippen molar-refractivity contribution in [3.63, 3.8) is 0 Å². The van der Waals surface area contributed by atoms with E-state index in [0.717, 1.165) is 16.7 Å². The van der Waals surface area contributed by atoms with Gasteiger partial charge in [-0.05, 0) is 47.7 Å². The van der Waals surface area contributed by atoms with E-state index in [4.69, 9.17) is 11.6 Å². The first kappa shape index (κ1) is 22.6. The van der Waals surface area contributed by atoms with Gasteiger partial charge in [0.05, 0.1) is 10.6 Å². The molecule has 2 aromatic rings. The van der Waals surface area contributed by atoms with Gasteiger partial charge in [-0.3, -0.25) is 29.5 Å². The molecule has 4 rings (SSSR count).